The van der Waals surface area contributed by atoms with Crippen molar-refractivity contribution in [1.82, 2.24) is 20.4 Å². The van der Waals surface area contributed by atoms with E-state index in [1.54, 1.807) is 11.8 Å². The van der Waals surface area contributed by atoms with Crippen LogP contribution in [0.4, 0.5) is 4.79 Å². The molecular formula is C16H30N4O3. The largest absolute Gasteiger partial charge is 0.444 e. The van der Waals surface area contributed by atoms with Crippen molar-refractivity contribution in [2.45, 2.75) is 66.0 Å². The van der Waals surface area contributed by atoms with E-state index >= 15 is 0 Å². The number of aromatic nitrogens is 2. The van der Waals surface area contributed by atoms with Gasteiger partial charge in [-0.25, -0.2) is 4.79 Å². The molecule has 1 heterocycles. The lowest BCUT2D eigenvalue weighted by Gasteiger charge is -2.36. The van der Waals surface area contributed by atoms with Crippen molar-refractivity contribution in [1.29, 1.82) is 0 Å². The molecule has 1 aromatic heterocycles. The number of carbonyl (C=O) groups is 1. The van der Waals surface area contributed by atoms with Gasteiger partial charge in [0.15, 0.2) is 5.82 Å². The second-order valence-corrected chi connectivity index (χ2v) is 7.54. The maximum Gasteiger partial charge on any atom is 0.410 e. The monoisotopic (exact) mass is 326 g/mol. The maximum absolute atomic E-state index is 12.3. The molecule has 0 aliphatic heterocycles. The number of amides is 1. The molecule has 0 unspecified atom stereocenters. The van der Waals surface area contributed by atoms with Gasteiger partial charge in [-0.05, 0) is 48.5 Å². The zero-order chi connectivity index (χ0) is 17.7. The highest BCUT2D eigenvalue weighted by Gasteiger charge is 2.30. The summed E-state index contributed by atoms with van der Waals surface area (Å²) in [5.41, 5.74) is -0.794. The van der Waals surface area contributed by atoms with E-state index in [0.717, 1.165) is 0 Å². The zero-order valence-electron chi connectivity index (χ0n) is 15.4. The summed E-state index contributed by atoms with van der Waals surface area (Å²) in [5, 5.41) is 7.04. The molecule has 0 spiro atoms. The fraction of sp³-hybridized carbons (Fsp3) is 0.812. The molecule has 0 saturated carbocycles. The second kappa shape index (κ2) is 7.77. The summed E-state index contributed by atoms with van der Waals surface area (Å²) >= 11 is 0. The average molecular weight is 326 g/mol. The fourth-order valence-electron chi connectivity index (χ4n) is 1.97. The van der Waals surface area contributed by atoms with Crippen LogP contribution in [-0.2, 0) is 11.2 Å². The molecular weight excluding hydrogens is 296 g/mol. The highest BCUT2D eigenvalue weighted by atomic mass is 16.6. The van der Waals surface area contributed by atoms with E-state index in [9.17, 15) is 4.79 Å². The van der Waals surface area contributed by atoms with Crippen molar-refractivity contribution in [3.8, 4) is 0 Å². The number of aryl methyl sites for hydroxylation is 1. The van der Waals surface area contributed by atoms with Gasteiger partial charge in [0.1, 0.15) is 5.60 Å². The Morgan fingerprint density at radius 1 is 1.22 bits per heavy atom. The van der Waals surface area contributed by atoms with Crippen LogP contribution < -0.4 is 5.32 Å². The van der Waals surface area contributed by atoms with E-state index < -0.39 is 5.60 Å². The highest BCUT2D eigenvalue weighted by Crippen LogP contribution is 2.17. The van der Waals surface area contributed by atoms with Crippen LogP contribution in [0.25, 0.3) is 0 Å². The molecule has 0 aromatic carbocycles. The van der Waals surface area contributed by atoms with Crippen LogP contribution in [0.15, 0.2) is 4.52 Å². The van der Waals surface area contributed by atoms with Crippen molar-refractivity contribution in [3.05, 3.63) is 11.7 Å². The van der Waals surface area contributed by atoms with E-state index in [1.807, 2.05) is 41.5 Å². The summed E-state index contributed by atoms with van der Waals surface area (Å²) in [7, 11) is 0. The van der Waals surface area contributed by atoms with Crippen LogP contribution >= 0.6 is 0 Å². The molecule has 7 nitrogen and oxygen atoms in total. The first-order chi connectivity index (χ1) is 10.5. The van der Waals surface area contributed by atoms with Crippen molar-refractivity contribution in [3.63, 3.8) is 0 Å². The molecule has 1 rings (SSSR count). The van der Waals surface area contributed by atoms with E-state index in [4.69, 9.17) is 9.26 Å². The van der Waals surface area contributed by atoms with Crippen LogP contribution in [0.3, 0.4) is 0 Å². The normalized spacial score (nSPS) is 12.3. The molecule has 0 bridgehead atoms. The van der Waals surface area contributed by atoms with Gasteiger partial charge < -0.3 is 19.5 Å². The summed E-state index contributed by atoms with van der Waals surface area (Å²) < 4.78 is 10.5. The molecule has 0 radical (unpaired) electrons. The van der Waals surface area contributed by atoms with Gasteiger partial charge in [0, 0.05) is 31.6 Å². The number of carbonyl (C=O) groups excluding carboxylic acids is 1. The summed E-state index contributed by atoms with van der Waals surface area (Å²) in [4.78, 5) is 18.2. The SMILES string of the molecule is Cc1noc(CCNCCN(C(=O)OC(C)(C)C)C(C)(C)C)n1. The van der Waals surface area contributed by atoms with Crippen LogP contribution in [0.5, 0.6) is 0 Å². The first-order valence-electron chi connectivity index (χ1n) is 7.99. The number of hydrogen-bond donors (Lipinski definition) is 1. The zero-order valence-corrected chi connectivity index (χ0v) is 15.4. The van der Waals surface area contributed by atoms with Crippen molar-refractivity contribution in [2.75, 3.05) is 19.6 Å². The van der Waals surface area contributed by atoms with Gasteiger partial charge in [-0.1, -0.05) is 5.16 Å². The molecule has 1 N–H and O–H groups in total. The minimum atomic E-state index is -0.496. The van der Waals surface area contributed by atoms with Gasteiger partial charge in [0.05, 0.1) is 0 Å². The third kappa shape index (κ3) is 7.45. The van der Waals surface area contributed by atoms with Gasteiger partial charge in [0.2, 0.25) is 5.89 Å². The van der Waals surface area contributed by atoms with Crippen molar-refractivity contribution in [2.24, 2.45) is 0 Å². The van der Waals surface area contributed by atoms with Crippen LogP contribution in [0.1, 0.15) is 53.3 Å². The molecule has 1 aromatic rings. The van der Waals surface area contributed by atoms with E-state index in [1.165, 1.54) is 0 Å². The molecule has 0 atom stereocenters. The number of nitrogens with zero attached hydrogens (tertiary/aromatic N) is 3. The fourth-order valence-corrected chi connectivity index (χ4v) is 1.97. The number of rotatable bonds is 6. The Kier molecular flexibility index (Phi) is 6.56. The number of hydrogen-bond acceptors (Lipinski definition) is 6. The van der Waals surface area contributed by atoms with E-state index in [0.29, 0.717) is 37.8 Å². The predicted octanol–water partition coefficient (Wildman–Crippen LogP) is 2.55. The van der Waals surface area contributed by atoms with Gasteiger partial charge in [-0.2, -0.15) is 4.98 Å². The number of ether oxygens (including phenoxy) is 1. The molecule has 0 aliphatic rings. The summed E-state index contributed by atoms with van der Waals surface area (Å²) in [6, 6.07) is 0. The first kappa shape index (κ1) is 19.4. The standard InChI is InChI=1S/C16H30N4O3/c1-12-18-13(23-19-12)8-9-17-10-11-20(15(2,3)4)14(21)22-16(5,6)7/h17H,8-11H2,1-7H3. The molecule has 7 heteroatoms. The second-order valence-electron chi connectivity index (χ2n) is 7.54. The average Bonchev–Trinajstić information content (AvgIpc) is 2.75. The van der Waals surface area contributed by atoms with Crippen LogP contribution in [0.2, 0.25) is 0 Å². The lowest BCUT2D eigenvalue weighted by atomic mass is 10.1. The van der Waals surface area contributed by atoms with Crippen molar-refractivity contribution < 1.29 is 14.1 Å². The van der Waals surface area contributed by atoms with Crippen LogP contribution in [-0.4, -0.2) is 51.9 Å². The highest BCUT2D eigenvalue weighted by molar-refractivity contribution is 5.69. The third-order valence-electron chi connectivity index (χ3n) is 3.02. The molecule has 23 heavy (non-hydrogen) atoms. The Morgan fingerprint density at radius 3 is 2.35 bits per heavy atom. The Labute approximate surface area is 138 Å². The van der Waals surface area contributed by atoms with Crippen LogP contribution in [0, 0.1) is 6.92 Å². The van der Waals surface area contributed by atoms with E-state index in [2.05, 4.69) is 15.5 Å². The summed E-state index contributed by atoms with van der Waals surface area (Å²) in [6.45, 7) is 15.4. The summed E-state index contributed by atoms with van der Waals surface area (Å²) in [6.07, 6.45) is 0.377. The van der Waals surface area contributed by atoms with Gasteiger partial charge in [-0.15, -0.1) is 0 Å². The minimum Gasteiger partial charge on any atom is -0.444 e. The van der Waals surface area contributed by atoms with Crippen molar-refractivity contribution >= 4 is 6.09 Å². The Balaban J connectivity index is 2.41. The summed E-state index contributed by atoms with van der Waals surface area (Å²) in [5.74, 6) is 1.26. The topological polar surface area (TPSA) is 80.5 Å². The Bertz CT molecular complexity index is 500. The smallest absolute Gasteiger partial charge is 0.410 e. The molecule has 0 fully saturated rings. The first-order valence-corrected chi connectivity index (χ1v) is 7.99. The molecule has 132 valence electrons. The molecule has 1 amide bonds. The van der Waals surface area contributed by atoms with E-state index in [-0.39, 0.29) is 11.6 Å². The Hall–Kier alpha value is -1.63. The Morgan fingerprint density at radius 2 is 1.87 bits per heavy atom. The lowest BCUT2D eigenvalue weighted by Crippen LogP contribution is -2.50. The molecule has 0 aliphatic carbocycles. The predicted molar refractivity (Wildman–Crippen MR) is 88.3 cm³/mol. The quantitative estimate of drug-likeness (QED) is 0.809. The third-order valence-corrected chi connectivity index (χ3v) is 3.02. The van der Waals surface area contributed by atoms with Gasteiger partial charge in [-0.3, -0.25) is 0 Å². The lowest BCUT2D eigenvalue weighted by molar-refractivity contribution is 0.00665. The van der Waals surface area contributed by atoms with Gasteiger partial charge in [0.25, 0.3) is 0 Å². The van der Waals surface area contributed by atoms with Gasteiger partial charge >= 0.3 is 6.09 Å². The minimum absolute atomic E-state index is 0.292. The molecule has 0 saturated heterocycles. The number of nitrogens with one attached hydrogen (secondary N) is 1. The maximum atomic E-state index is 12.3.